The molecule has 232 valence electrons. The average molecular weight is 628 g/mol. The van der Waals surface area contributed by atoms with E-state index in [4.69, 9.17) is 16.3 Å². The van der Waals surface area contributed by atoms with Gasteiger partial charge in [0.15, 0.2) is 0 Å². The Morgan fingerprint density at radius 2 is 1.70 bits per heavy atom. The number of carbonyl (C=O) groups is 2. The van der Waals surface area contributed by atoms with Crippen LogP contribution in [0.4, 0.5) is 5.69 Å². The van der Waals surface area contributed by atoms with E-state index in [1.165, 1.54) is 17.5 Å². The number of nitrogens with one attached hydrogen (secondary N) is 1. The van der Waals surface area contributed by atoms with Crippen LogP contribution in [0.15, 0.2) is 72.8 Å². The molecule has 0 radical (unpaired) electrons. The van der Waals surface area contributed by atoms with Crippen molar-refractivity contribution in [3.05, 3.63) is 94.5 Å². The van der Waals surface area contributed by atoms with Crippen molar-refractivity contribution in [2.45, 2.75) is 65.1 Å². The SMILES string of the molecule is CC[C@H](C)NC(=O)[C@@H](Cc1ccccc1)N(Cc1cccc(C)c1)C(=O)CCCN(c1ccc(OC)c(Cl)c1)S(C)(=O)=O. The fraction of sp³-hybridized carbons (Fsp3) is 0.394. The van der Waals surface area contributed by atoms with E-state index in [1.54, 1.807) is 17.0 Å². The molecule has 0 heterocycles. The van der Waals surface area contributed by atoms with Crippen molar-refractivity contribution < 1.29 is 22.7 Å². The maximum absolute atomic E-state index is 14.0. The lowest BCUT2D eigenvalue weighted by Gasteiger charge is -2.33. The van der Waals surface area contributed by atoms with Gasteiger partial charge in [0.05, 0.1) is 24.1 Å². The molecule has 0 aliphatic carbocycles. The minimum atomic E-state index is -3.67. The minimum Gasteiger partial charge on any atom is -0.495 e. The second kappa shape index (κ2) is 15.8. The summed E-state index contributed by atoms with van der Waals surface area (Å²) < 4.78 is 31.9. The first-order valence-electron chi connectivity index (χ1n) is 14.4. The molecule has 0 saturated carbocycles. The van der Waals surface area contributed by atoms with Crippen LogP contribution < -0.4 is 14.4 Å². The van der Waals surface area contributed by atoms with Gasteiger partial charge in [-0.2, -0.15) is 0 Å². The smallest absolute Gasteiger partial charge is 0.243 e. The van der Waals surface area contributed by atoms with E-state index in [2.05, 4.69) is 5.32 Å². The van der Waals surface area contributed by atoms with Gasteiger partial charge >= 0.3 is 0 Å². The van der Waals surface area contributed by atoms with E-state index >= 15 is 0 Å². The lowest BCUT2D eigenvalue weighted by Crippen LogP contribution is -2.52. The van der Waals surface area contributed by atoms with Gasteiger partial charge in [-0.3, -0.25) is 13.9 Å². The summed E-state index contributed by atoms with van der Waals surface area (Å²) in [4.78, 5) is 29.3. The highest BCUT2D eigenvalue weighted by molar-refractivity contribution is 7.92. The van der Waals surface area contributed by atoms with E-state index in [9.17, 15) is 18.0 Å². The standard InChI is InChI=1S/C33H42ClN3O5S/c1-6-25(3)35-33(39)30(21-26-13-8-7-9-14-26)36(23-27-15-10-12-24(2)20-27)32(38)16-11-19-37(43(5,40)41)28-17-18-31(42-4)29(34)22-28/h7-10,12-15,17-18,20,22,25,30H,6,11,16,19,21,23H2,1-5H3,(H,35,39)/t25-,30+/m0/s1. The van der Waals surface area contributed by atoms with Crippen LogP contribution in [0.25, 0.3) is 0 Å². The third kappa shape index (κ3) is 10.0. The van der Waals surface area contributed by atoms with Crippen molar-refractivity contribution in [3.63, 3.8) is 0 Å². The Kier molecular flexibility index (Phi) is 12.5. The molecular formula is C33H42ClN3O5S. The number of ether oxygens (including phenoxy) is 1. The van der Waals surface area contributed by atoms with Gasteiger partial charge in [0.2, 0.25) is 21.8 Å². The Balaban J connectivity index is 1.90. The van der Waals surface area contributed by atoms with Gasteiger partial charge in [-0.05, 0) is 56.0 Å². The van der Waals surface area contributed by atoms with E-state index in [0.717, 1.165) is 29.4 Å². The topological polar surface area (TPSA) is 96.0 Å². The van der Waals surface area contributed by atoms with Crippen molar-refractivity contribution in [2.75, 3.05) is 24.2 Å². The van der Waals surface area contributed by atoms with Crippen molar-refractivity contribution in [1.82, 2.24) is 10.2 Å². The Morgan fingerprint density at radius 1 is 1.00 bits per heavy atom. The zero-order chi connectivity index (χ0) is 31.6. The fourth-order valence-corrected chi connectivity index (χ4v) is 6.03. The van der Waals surface area contributed by atoms with Crippen molar-refractivity contribution in [2.24, 2.45) is 0 Å². The summed E-state index contributed by atoms with van der Waals surface area (Å²) in [6, 6.07) is 21.4. The van der Waals surface area contributed by atoms with Crippen LogP contribution in [-0.4, -0.2) is 57.1 Å². The second-order valence-corrected chi connectivity index (χ2v) is 13.1. The van der Waals surface area contributed by atoms with Gasteiger partial charge in [-0.15, -0.1) is 0 Å². The number of aryl methyl sites for hydroxylation is 1. The number of hydrogen-bond donors (Lipinski definition) is 1. The molecular weight excluding hydrogens is 586 g/mol. The van der Waals surface area contributed by atoms with E-state index < -0.39 is 16.1 Å². The highest BCUT2D eigenvalue weighted by atomic mass is 35.5. The number of hydrogen-bond acceptors (Lipinski definition) is 5. The minimum absolute atomic E-state index is 0.0453. The van der Waals surface area contributed by atoms with Crippen LogP contribution in [0, 0.1) is 6.92 Å². The molecule has 3 aromatic rings. The molecule has 0 aliphatic rings. The van der Waals surface area contributed by atoms with Crippen LogP contribution in [0.1, 0.15) is 49.8 Å². The maximum Gasteiger partial charge on any atom is 0.243 e. The molecule has 1 N–H and O–H groups in total. The molecule has 3 rings (SSSR count). The summed E-state index contributed by atoms with van der Waals surface area (Å²) in [7, 11) is -2.18. The number of carbonyl (C=O) groups excluding carboxylic acids is 2. The molecule has 0 spiro atoms. The average Bonchev–Trinajstić information content (AvgIpc) is 2.96. The third-order valence-electron chi connectivity index (χ3n) is 7.28. The molecule has 0 fully saturated rings. The van der Waals surface area contributed by atoms with Crippen LogP contribution in [0.5, 0.6) is 5.75 Å². The largest absolute Gasteiger partial charge is 0.495 e. The van der Waals surface area contributed by atoms with Gasteiger partial charge in [0, 0.05) is 32.0 Å². The molecule has 43 heavy (non-hydrogen) atoms. The summed E-state index contributed by atoms with van der Waals surface area (Å²) >= 11 is 6.27. The molecule has 0 aliphatic heterocycles. The van der Waals surface area contributed by atoms with Crippen LogP contribution in [-0.2, 0) is 32.6 Å². The first kappa shape index (κ1) is 33.9. The normalized spacial score (nSPS) is 12.7. The number of benzene rings is 3. The molecule has 2 amide bonds. The monoisotopic (exact) mass is 627 g/mol. The summed E-state index contributed by atoms with van der Waals surface area (Å²) in [5.74, 6) is -0.0197. The van der Waals surface area contributed by atoms with Crippen molar-refractivity contribution in [1.29, 1.82) is 0 Å². The summed E-state index contributed by atoms with van der Waals surface area (Å²) in [5, 5.41) is 3.35. The van der Waals surface area contributed by atoms with E-state index in [0.29, 0.717) is 17.9 Å². The Hall–Kier alpha value is -3.56. The highest BCUT2D eigenvalue weighted by Gasteiger charge is 2.31. The zero-order valence-corrected chi connectivity index (χ0v) is 27.1. The van der Waals surface area contributed by atoms with Crippen LogP contribution in [0.3, 0.4) is 0 Å². The number of amides is 2. The van der Waals surface area contributed by atoms with E-state index in [1.807, 2.05) is 75.4 Å². The highest BCUT2D eigenvalue weighted by Crippen LogP contribution is 2.30. The summed E-state index contributed by atoms with van der Waals surface area (Å²) in [6.07, 6.45) is 2.51. The maximum atomic E-state index is 14.0. The first-order chi connectivity index (χ1) is 20.4. The lowest BCUT2D eigenvalue weighted by molar-refractivity contribution is -0.141. The molecule has 0 saturated heterocycles. The number of sulfonamides is 1. The third-order valence-corrected chi connectivity index (χ3v) is 8.77. The number of anilines is 1. The van der Waals surface area contributed by atoms with Crippen molar-refractivity contribution in [3.8, 4) is 5.75 Å². The van der Waals surface area contributed by atoms with Gasteiger partial charge in [0.25, 0.3) is 0 Å². The molecule has 10 heteroatoms. The van der Waals surface area contributed by atoms with Crippen molar-refractivity contribution >= 4 is 39.1 Å². The Labute approximate surface area is 261 Å². The predicted molar refractivity (Wildman–Crippen MR) is 173 cm³/mol. The number of halogens is 1. The summed E-state index contributed by atoms with van der Waals surface area (Å²) in [6.45, 7) is 6.23. The molecule has 3 aromatic carbocycles. The Bertz CT molecular complexity index is 1480. The Morgan fingerprint density at radius 3 is 2.30 bits per heavy atom. The summed E-state index contributed by atoms with van der Waals surface area (Å²) in [5.41, 5.74) is 3.28. The van der Waals surface area contributed by atoms with Crippen LogP contribution >= 0.6 is 11.6 Å². The quantitative estimate of drug-likeness (QED) is 0.231. The lowest BCUT2D eigenvalue weighted by atomic mass is 10.0. The molecule has 0 bridgehead atoms. The number of rotatable bonds is 15. The van der Waals surface area contributed by atoms with Gasteiger partial charge in [-0.25, -0.2) is 8.42 Å². The second-order valence-electron chi connectivity index (χ2n) is 10.8. The molecule has 0 unspecified atom stereocenters. The number of nitrogens with zero attached hydrogens (tertiary/aromatic N) is 2. The van der Waals surface area contributed by atoms with E-state index in [-0.39, 0.29) is 48.8 Å². The molecule has 2 atom stereocenters. The fourth-order valence-electron chi connectivity index (χ4n) is 4.82. The van der Waals surface area contributed by atoms with Crippen LogP contribution in [0.2, 0.25) is 5.02 Å². The molecule has 8 nitrogen and oxygen atoms in total. The predicted octanol–water partition coefficient (Wildman–Crippen LogP) is 5.76. The van der Waals surface area contributed by atoms with Gasteiger partial charge in [-0.1, -0.05) is 78.7 Å². The molecule has 0 aromatic heterocycles. The van der Waals surface area contributed by atoms with Gasteiger partial charge in [0.1, 0.15) is 11.8 Å². The number of methoxy groups -OCH3 is 1. The van der Waals surface area contributed by atoms with Gasteiger partial charge < -0.3 is 15.0 Å². The first-order valence-corrected chi connectivity index (χ1v) is 16.7. The zero-order valence-electron chi connectivity index (χ0n) is 25.5.